The number of hydrogen-bond acceptors (Lipinski definition) is 1. The minimum Gasteiger partial charge on any atom is -0.328 e. The summed E-state index contributed by atoms with van der Waals surface area (Å²) in [4.78, 5) is 0. The van der Waals surface area contributed by atoms with Crippen LogP contribution in [0.25, 0.3) is 0 Å². The molecule has 1 aromatic carbocycles. The third-order valence-electron chi connectivity index (χ3n) is 2.88. The number of rotatable bonds is 1. The molecule has 2 rings (SSSR count). The Morgan fingerprint density at radius 1 is 1.36 bits per heavy atom. The summed E-state index contributed by atoms with van der Waals surface area (Å²) in [5, 5.41) is 0.860. The number of nitrogens with two attached hydrogens (primary N) is 1. The van der Waals surface area contributed by atoms with Crippen molar-refractivity contribution in [1.29, 1.82) is 0 Å². The van der Waals surface area contributed by atoms with Crippen LogP contribution >= 0.6 is 27.5 Å². The average molecular weight is 275 g/mol. The van der Waals surface area contributed by atoms with E-state index in [0.717, 1.165) is 28.8 Å². The third kappa shape index (κ3) is 1.97. The normalized spacial score (nSPS) is 26.8. The summed E-state index contributed by atoms with van der Waals surface area (Å²) in [6.07, 6.45) is 3.33. The first-order valence-corrected chi connectivity index (χ1v) is 6.05. The zero-order valence-electron chi connectivity index (χ0n) is 7.84. The van der Waals surface area contributed by atoms with E-state index in [1.807, 2.05) is 18.2 Å². The summed E-state index contributed by atoms with van der Waals surface area (Å²) in [6.45, 7) is 0. The van der Waals surface area contributed by atoms with Crippen molar-refractivity contribution in [3.63, 3.8) is 0 Å². The van der Waals surface area contributed by atoms with E-state index < -0.39 is 0 Å². The fraction of sp³-hybridized carbons (Fsp3) is 0.455. The van der Waals surface area contributed by atoms with Gasteiger partial charge in [-0.2, -0.15) is 0 Å². The van der Waals surface area contributed by atoms with Crippen molar-refractivity contribution in [2.45, 2.75) is 31.2 Å². The Hall–Kier alpha value is -0.0500. The molecule has 1 aromatic rings. The van der Waals surface area contributed by atoms with E-state index >= 15 is 0 Å². The molecule has 0 heterocycles. The summed E-state index contributed by atoms with van der Waals surface area (Å²) >= 11 is 9.74. The molecular formula is C11H13BrClN. The van der Waals surface area contributed by atoms with E-state index in [2.05, 4.69) is 15.9 Å². The summed E-state index contributed by atoms with van der Waals surface area (Å²) in [5.41, 5.74) is 7.14. The van der Waals surface area contributed by atoms with Crippen LogP contribution in [-0.2, 0) is 0 Å². The monoisotopic (exact) mass is 273 g/mol. The molecule has 1 aliphatic rings. The predicted molar refractivity (Wildman–Crippen MR) is 63.7 cm³/mol. The van der Waals surface area contributed by atoms with Crippen molar-refractivity contribution >= 4 is 27.5 Å². The van der Waals surface area contributed by atoms with Crippen LogP contribution in [0.1, 0.15) is 30.7 Å². The Labute approximate surface area is 97.8 Å². The lowest BCUT2D eigenvalue weighted by Gasteiger charge is -2.13. The van der Waals surface area contributed by atoms with Gasteiger partial charge >= 0.3 is 0 Å². The SMILES string of the molecule is NC1CCC(c2c(Cl)cccc2Br)C1. The Kier molecular flexibility index (Phi) is 3.15. The zero-order chi connectivity index (χ0) is 10.1. The summed E-state index contributed by atoms with van der Waals surface area (Å²) in [6, 6.07) is 6.31. The van der Waals surface area contributed by atoms with E-state index in [-0.39, 0.29) is 0 Å². The molecular weight excluding hydrogens is 261 g/mol. The smallest absolute Gasteiger partial charge is 0.0452 e. The van der Waals surface area contributed by atoms with Gasteiger partial charge in [0, 0.05) is 15.5 Å². The first-order valence-electron chi connectivity index (χ1n) is 4.88. The van der Waals surface area contributed by atoms with Crippen LogP contribution in [0.3, 0.4) is 0 Å². The maximum Gasteiger partial charge on any atom is 0.0452 e. The minimum atomic E-state index is 0.350. The summed E-state index contributed by atoms with van der Waals surface area (Å²) in [5.74, 6) is 0.535. The largest absolute Gasteiger partial charge is 0.328 e. The molecule has 14 heavy (non-hydrogen) atoms. The Morgan fingerprint density at radius 2 is 2.14 bits per heavy atom. The van der Waals surface area contributed by atoms with Gasteiger partial charge in [0.05, 0.1) is 0 Å². The molecule has 1 nitrogen and oxygen atoms in total. The fourth-order valence-electron chi connectivity index (χ4n) is 2.18. The number of hydrogen-bond donors (Lipinski definition) is 1. The van der Waals surface area contributed by atoms with Crippen molar-refractivity contribution in [3.8, 4) is 0 Å². The number of halogens is 2. The molecule has 0 bridgehead atoms. The maximum absolute atomic E-state index is 6.19. The quantitative estimate of drug-likeness (QED) is 0.830. The Morgan fingerprint density at radius 3 is 2.71 bits per heavy atom. The molecule has 2 N–H and O–H groups in total. The molecule has 0 aliphatic heterocycles. The van der Waals surface area contributed by atoms with Crippen LogP contribution in [0.2, 0.25) is 5.02 Å². The third-order valence-corrected chi connectivity index (χ3v) is 3.90. The molecule has 1 saturated carbocycles. The maximum atomic E-state index is 6.19. The van der Waals surface area contributed by atoms with E-state index in [9.17, 15) is 0 Å². The van der Waals surface area contributed by atoms with Gasteiger partial charge in [0.2, 0.25) is 0 Å². The average Bonchev–Trinajstić information content (AvgIpc) is 2.51. The molecule has 2 unspecified atom stereocenters. The second kappa shape index (κ2) is 4.21. The highest BCUT2D eigenvalue weighted by Crippen LogP contribution is 2.40. The van der Waals surface area contributed by atoms with Gasteiger partial charge in [-0.05, 0) is 42.9 Å². The highest BCUT2D eigenvalue weighted by molar-refractivity contribution is 9.10. The van der Waals surface area contributed by atoms with Crippen molar-refractivity contribution in [2.24, 2.45) is 5.73 Å². The second-order valence-electron chi connectivity index (χ2n) is 3.91. The Bertz CT molecular complexity index is 320. The van der Waals surface area contributed by atoms with Crippen LogP contribution < -0.4 is 5.73 Å². The summed E-state index contributed by atoms with van der Waals surface area (Å²) in [7, 11) is 0. The van der Waals surface area contributed by atoms with Crippen LogP contribution in [0.5, 0.6) is 0 Å². The molecule has 1 aliphatic carbocycles. The first kappa shape index (κ1) is 10.5. The van der Waals surface area contributed by atoms with E-state index in [1.165, 1.54) is 5.56 Å². The molecule has 0 spiro atoms. The minimum absolute atomic E-state index is 0.350. The van der Waals surface area contributed by atoms with Crippen LogP contribution in [0, 0.1) is 0 Å². The van der Waals surface area contributed by atoms with E-state index in [4.69, 9.17) is 17.3 Å². The lowest BCUT2D eigenvalue weighted by molar-refractivity contribution is 0.673. The van der Waals surface area contributed by atoms with Crippen LogP contribution in [-0.4, -0.2) is 6.04 Å². The zero-order valence-corrected chi connectivity index (χ0v) is 10.2. The lowest BCUT2D eigenvalue weighted by atomic mass is 9.97. The summed E-state index contributed by atoms with van der Waals surface area (Å²) < 4.78 is 1.11. The highest BCUT2D eigenvalue weighted by Gasteiger charge is 2.26. The van der Waals surface area contributed by atoms with Crippen molar-refractivity contribution < 1.29 is 0 Å². The molecule has 0 aromatic heterocycles. The molecule has 0 radical (unpaired) electrons. The van der Waals surface area contributed by atoms with Gasteiger partial charge < -0.3 is 5.73 Å². The topological polar surface area (TPSA) is 26.0 Å². The standard InChI is InChI=1S/C11H13BrClN/c12-9-2-1-3-10(13)11(9)7-4-5-8(14)6-7/h1-3,7-8H,4-6,14H2. The van der Waals surface area contributed by atoms with Crippen molar-refractivity contribution in [1.82, 2.24) is 0 Å². The van der Waals surface area contributed by atoms with Gasteiger partial charge in [-0.25, -0.2) is 0 Å². The molecule has 0 saturated heterocycles. The van der Waals surface area contributed by atoms with Gasteiger partial charge in [-0.15, -0.1) is 0 Å². The first-order chi connectivity index (χ1) is 6.68. The van der Waals surface area contributed by atoms with Gasteiger partial charge in [0.25, 0.3) is 0 Å². The number of benzene rings is 1. The van der Waals surface area contributed by atoms with E-state index in [0.29, 0.717) is 12.0 Å². The van der Waals surface area contributed by atoms with Gasteiger partial charge in [0.1, 0.15) is 0 Å². The molecule has 1 fully saturated rings. The Balaban J connectivity index is 2.31. The predicted octanol–water partition coefficient (Wildman–Crippen LogP) is 3.70. The molecule has 0 amide bonds. The lowest BCUT2D eigenvalue weighted by Crippen LogP contribution is -2.14. The van der Waals surface area contributed by atoms with E-state index in [1.54, 1.807) is 0 Å². The van der Waals surface area contributed by atoms with Gasteiger partial charge in [-0.1, -0.05) is 33.6 Å². The highest BCUT2D eigenvalue weighted by atomic mass is 79.9. The second-order valence-corrected chi connectivity index (χ2v) is 5.17. The van der Waals surface area contributed by atoms with Crippen molar-refractivity contribution in [2.75, 3.05) is 0 Å². The van der Waals surface area contributed by atoms with Crippen LogP contribution in [0.15, 0.2) is 22.7 Å². The molecule has 2 atom stereocenters. The fourth-order valence-corrected chi connectivity index (χ4v) is 3.31. The van der Waals surface area contributed by atoms with Crippen molar-refractivity contribution in [3.05, 3.63) is 33.3 Å². The molecule has 76 valence electrons. The molecule has 3 heteroatoms. The van der Waals surface area contributed by atoms with Gasteiger partial charge in [-0.3, -0.25) is 0 Å². The van der Waals surface area contributed by atoms with Crippen LogP contribution in [0.4, 0.5) is 0 Å². The van der Waals surface area contributed by atoms with Gasteiger partial charge in [0.15, 0.2) is 0 Å².